The first kappa shape index (κ1) is 12.5. The van der Waals surface area contributed by atoms with E-state index >= 15 is 0 Å². The molecule has 1 aromatic heterocycles. The lowest BCUT2D eigenvalue weighted by atomic mass is 10.0. The Morgan fingerprint density at radius 3 is 2.95 bits per heavy atom. The van der Waals surface area contributed by atoms with Crippen LogP contribution in [0.15, 0.2) is 18.2 Å². The fourth-order valence-electron chi connectivity index (χ4n) is 2.71. The maximum Gasteiger partial charge on any atom is 0.203 e. The predicted molar refractivity (Wildman–Crippen MR) is 79.9 cm³/mol. The van der Waals surface area contributed by atoms with Crippen LogP contribution in [0.2, 0.25) is 0 Å². The number of rotatable bonds is 2. The average molecular weight is 258 g/mol. The number of benzene rings is 1. The SMILES string of the molecule is CC(C)c1cccc2[nH]c(N3CCCNCC3)nc12. The van der Waals surface area contributed by atoms with Crippen LogP contribution in [0.3, 0.4) is 0 Å². The molecule has 0 amide bonds. The number of imidazole rings is 1. The zero-order chi connectivity index (χ0) is 13.2. The van der Waals surface area contributed by atoms with Crippen LogP contribution < -0.4 is 10.2 Å². The number of anilines is 1. The van der Waals surface area contributed by atoms with Crippen LogP contribution in [0.25, 0.3) is 11.0 Å². The van der Waals surface area contributed by atoms with Crippen molar-refractivity contribution in [2.45, 2.75) is 26.2 Å². The molecule has 102 valence electrons. The lowest BCUT2D eigenvalue weighted by Gasteiger charge is -2.18. The van der Waals surface area contributed by atoms with Crippen molar-refractivity contribution in [3.05, 3.63) is 23.8 Å². The normalized spacial score (nSPS) is 17.1. The highest BCUT2D eigenvalue weighted by molar-refractivity contribution is 5.81. The molecule has 2 N–H and O–H groups in total. The first-order valence-electron chi connectivity index (χ1n) is 7.20. The summed E-state index contributed by atoms with van der Waals surface area (Å²) in [6.07, 6.45) is 1.17. The van der Waals surface area contributed by atoms with Gasteiger partial charge in [-0.25, -0.2) is 4.98 Å². The summed E-state index contributed by atoms with van der Waals surface area (Å²) in [6.45, 7) is 8.68. The minimum absolute atomic E-state index is 0.505. The minimum Gasteiger partial charge on any atom is -0.341 e. The minimum atomic E-state index is 0.505. The molecule has 2 aromatic rings. The second-order valence-corrected chi connectivity index (χ2v) is 5.55. The molecule has 1 saturated heterocycles. The second-order valence-electron chi connectivity index (χ2n) is 5.55. The second kappa shape index (κ2) is 5.21. The molecule has 3 rings (SSSR count). The molecule has 0 atom stereocenters. The Bertz CT molecular complexity index is 550. The van der Waals surface area contributed by atoms with E-state index in [1.807, 2.05) is 0 Å². The summed E-state index contributed by atoms with van der Waals surface area (Å²) < 4.78 is 0. The zero-order valence-electron chi connectivity index (χ0n) is 11.7. The zero-order valence-corrected chi connectivity index (χ0v) is 11.7. The molecule has 4 nitrogen and oxygen atoms in total. The van der Waals surface area contributed by atoms with Gasteiger partial charge in [-0.05, 0) is 30.5 Å². The Morgan fingerprint density at radius 1 is 1.21 bits per heavy atom. The predicted octanol–water partition coefficient (Wildman–Crippen LogP) is 2.49. The lowest BCUT2D eigenvalue weighted by molar-refractivity contribution is 0.724. The van der Waals surface area contributed by atoms with Crippen LogP contribution in [-0.4, -0.2) is 36.1 Å². The molecule has 0 bridgehead atoms. The topological polar surface area (TPSA) is 44.0 Å². The van der Waals surface area contributed by atoms with Crippen molar-refractivity contribution in [1.29, 1.82) is 0 Å². The maximum absolute atomic E-state index is 4.84. The molecular weight excluding hydrogens is 236 g/mol. The van der Waals surface area contributed by atoms with Crippen LogP contribution >= 0.6 is 0 Å². The van der Waals surface area contributed by atoms with Crippen molar-refractivity contribution in [3.8, 4) is 0 Å². The van der Waals surface area contributed by atoms with Gasteiger partial charge >= 0.3 is 0 Å². The van der Waals surface area contributed by atoms with Crippen molar-refractivity contribution < 1.29 is 0 Å². The van der Waals surface area contributed by atoms with Gasteiger partial charge in [-0.2, -0.15) is 0 Å². The number of nitrogens with one attached hydrogen (secondary N) is 2. The van der Waals surface area contributed by atoms with Crippen molar-refractivity contribution in [2.24, 2.45) is 0 Å². The van der Waals surface area contributed by atoms with E-state index < -0.39 is 0 Å². The van der Waals surface area contributed by atoms with Gasteiger partial charge in [-0.15, -0.1) is 0 Å². The standard InChI is InChI=1S/C15H22N4/c1-11(2)12-5-3-6-13-14(12)18-15(17-13)19-9-4-7-16-8-10-19/h3,5-6,11,16H,4,7-10H2,1-2H3,(H,17,18). The molecule has 1 fully saturated rings. The first-order chi connectivity index (χ1) is 9.25. The summed E-state index contributed by atoms with van der Waals surface area (Å²) in [5.74, 6) is 1.53. The maximum atomic E-state index is 4.84. The van der Waals surface area contributed by atoms with Gasteiger partial charge in [0, 0.05) is 19.6 Å². The third-order valence-corrected chi connectivity index (χ3v) is 3.79. The summed E-state index contributed by atoms with van der Waals surface area (Å²) in [5.41, 5.74) is 3.61. The van der Waals surface area contributed by atoms with Crippen molar-refractivity contribution in [2.75, 3.05) is 31.1 Å². The molecule has 0 spiro atoms. The van der Waals surface area contributed by atoms with Crippen molar-refractivity contribution in [1.82, 2.24) is 15.3 Å². The van der Waals surface area contributed by atoms with Crippen LogP contribution in [0.5, 0.6) is 0 Å². The van der Waals surface area contributed by atoms with Gasteiger partial charge in [-0.3, -0.25) is 0 Å². The van der Waals surface area contributed by atoms with E-state index in [1.54, 1.807) is 0 Å². The van der Waals surface area contributed by atoms with E-state index in [4.69, 9.17) is 4.98 Å². The van der Waals surface area contributed by atoms with Crippen molar-refractivity contribution in [3.63, 3.8) is 0 Å². The Kier molecular flexibility index (Phi) is 3.42. The summed E-state index contributed by atoms with van der Waals surface area (Å²) in [5, 5.41) is 3.43. The summed E-state index contributed by atoms with van der Waals surface area (Å²) in [6, 6.07) is 6.42. The van der Waals surface area contributed by atoms with E-state index in [0.29, 0.717) is 5.92 Å². The molecule has 2 heterocycles. The summed E-state index contributed by atoms with van der Waals surface area (Å²) >= 11 is 0. The number of hydrogen-bond acceptors (Lipinski definition) is 3. The van der Waals surface area contributed by atoms with Crippen LogP contribution in [0.1, 0.15) is 31.7 Å². The van der Waals surface area contributed by atoms with E-state index in [0.717, 1.165) is 43.2 Å². The largest absolute Gasteiger partial charge is 0.341 e. The van der Waals surface area contributed by atoms with Gasteiger partial charge in [0.15, 0.2) is 0 Å². The Morgan fingerprint density at radius 2 is 2.11 bits per heavy atom. The van der Waals surface area contributed by atoms with E-state index in [2.05, 4.69) is 47.2 Å². The molecule has 0 aliphatic carbocycles. The van der Waals surface area contributed by atoms with Crippen molar-refractivity contribution >= 4 is 17.0 Å². The number of aromatic nitrogens is 2. The molecule has 1 aliphatic rings. The molecule has 1 aromatic carbocycles. The summed E-state index contributed by atoms with van der Waals surface area (Å²) in [7, 11) is 0. The Balaban J connectivity index is 1.98. The van der Waals surface area contributed by atoms with Gasteiger partial charge in [-0.1, -0.05) is 26.0 Å². The molecule has 1 aliphatic heterocycles. The van der Waals surface area contributed by atoms with Crippen LogP contribution in [-0.2, 0) is 0 Å². The van der Waals surface area contributed by atoms with Gasteiger partial charge in [0.1, 0.15) is 0 Å². The monoisotopic (exact) mass is 258 g/mol. The van der Waals surface area contributed by atoms with E-state index in [9.17, 15) is 0 Å². The molecular formula is C15H22N4. The molecule has 4 heteroatoms. The van der Waals surface area contributed by atoms with Gasteiger partial charge in [0.2, 0.25) is 5.95 Å². The smallest absolute Gasteiger partial charge is 0.203 e. The summed E-state index contributed by atoms with van der Waals surface area (Å²) in [4.78, 5) is 10.7. The number of hydrogen-bond donors (Lipinski definition) is 2. The Labute approximate surface area is 114 Å². The molecule has 0 unspecified atom stereocenters. The molecule has 0 radical (unpaired) electrons. The van der Waals surface area contributed by atoms with Gasteiger partial charge in [0.05, 0.1) is 11.0 Å². The fraction of sp³-hybridized carbons (Fsp3) is 0.533. The third-order valence-electron chi connectivity index (χ3n) is 3.79. The van der Waals surface area contributed by atoms with E-state index in [1.165, 1.54) is 12.0 Å². The van der Waals surface area contributed by atoms with Crippen LogP contribution in [0, 0.1) is 0 Å². The fourth-order valence-corrected chi connectivity index (χ4v) is 2.71. The van der Waals surface area contributed by atoms with Gasteiger partial charge in [0.25, 0.3) is 0 Å². The number of fused-ring (bicyclic) bond motifs is 1. The van der Waals surface area contributed by atoms with E-state index in [-0.39, 0.29) is 0 Å². The number of para-hydroxylation sites is 1. The highest BCUT2D eigenvalue weighted by atomic mass is 15.3. The molecule has 19 heavy (non-hydrogen) atoms. The third kappa shape index (κ3) is 2.45. The highest BCUT2D eigenvalue weighted by Crippen LogP contribution is 2.26. The first-order valence-corrected chi connectivity index (χ1v) is 7.20. The number of aromatic amines is 1. The number of nitrogens with zero attached hydrogens (tertiary/aromatic N) is 2. The quantitative estimate of drug-likeness (QED) is 0.870. The molecule has 0 saturated carbocycles. The van der Waals surface area contributed by atoms with Gasteiger partial charge < -0.3 is 15.2 Å². The van der Waals surface area contributed by atoms with Crippen LogP contribution in [0.4, 0.5) is 5.95 Å². The number of H-pyrrole nitrogens is 1. The Hall–Kier alpha value is -1.55. The highest BCUT2D eigenvalue weighted by Gasteiger charge is 2.15. The lowest BCUT2D eigenvalue weighted by Crippen LogP contribution is -2.28. The average Bonchev–Trinajstić information content (AvgIpc) is 2.65.